The summed E-state index contributed by atoms with van der Waals surface area (Å²) in [5.74, 6) is 0. The summed E-state index contributed by atoms with van der Waals surface area (Å²) >= 11 is 0. The summed E-state index contributed by atoms with van der Waals surface area (Å²) in [6.45, 7) is 1.78. The Bertz CT molecular complexity index is 1180. The lowest BCUT2D eigenvalue weighted by Gasteiger charge is -2.15. The van der Waals surface area contributed by atoms with Crippen molar-refractivity contribution in [3.05, 3.63) is 68.1 Å². The summed E-state index contributed by atoms with van der Waals surface area (Å²) in [6.07, 6.45) is 2.60. The van der Waals surface area contributed by atoms with Crippen molar-refractivity contribution < 1.29 is 14.9 Å². The molecule has 0 amide bonds. The summed E-state index contributed by atoms with van der Waals surface area (Å²) in [4.78, 5) is 27.3. The van der Waals surface area contributed by atoms with Gasteiger partial charge in [0.1, 0.15) is 18.0 Å². The van der Waals surface area contributed by atoms with Crippen LogP contribution in [0.15, 0.2) is 40.1 Å². The predicted molar refractivity (Wildman–Crippen MR) is 116 cm³/mol. The van der Waals surface area contributed by atoms with Gasteiger partial charge in [0, 0.05) is 19.0 Å². The van der Waals surface area contributed by atoms with E-state index in [0.29, 0.717) is 17.8 Å². The van der Waals surface area contributed by atoms with Crippen molar-refractivity contribution in [3.63, 3.8) is 0 Å². The number of nitrogens with one attached hydrogen (secondary N) is 2. The molecule has 10 nitrogen and oxygen atoms in total. The van der Waals surface area contributed by atoms with E-state index in [-0.39, 0.29) is 18.6 Å². The number of aryl methyl sites for hydroxylation is 1. The van der Waals surface area contributed by atoms with E-state index in [9.17, 15) is 19.8 Å². The maximum atomic E-state index is 12.6. The number of H-pyrrole nitrogens is 2. The van der Waals surface area contributed by atoms with Gasteiger partial charge in [-0.15, -0.1) is 0 Å². The largest absolute Gasteiger partial charge is 0.394 e. The van der Waals surface area contributed by atoms with Gasteiger partial charge in [0.05, 0.1) is 24.0 Å². The second-order valence-corrected chi connectivity index (χ2v) is 7.99. The summed E-state index contributed by atoms with van der Waals surface area (Å²) in [5.41, 5.74) is 2.19. The van der Waals surface area contributed by atoms with E-state index in [4.69, 9.17) is 4.74 Å². The van der Waals surface area contributed by atoms with Gasteiger partial charge in [-0.1, -0.05) is 37.6 Å². The van der Waals surface area contributed by atoms with Crippen LogP contribution in [0.4, 0.5) is 0 Å². The van der Waals surface area contributed by atoms with Crippen LogP contribution in [0.25, 0.3) is 11.3 Å². The fourth-order valence-electron chi connectivity index (χ4n) is 4.03. The Morgan fingerprint density at radius 2 is 2.00 bits per heavy atom. The monoisotopic (exact) mass is 441 g/mol. The van der Waals surface area contributed by atoms with E-state index >= 15 is 0 Å². The topological polar surface area (TPSA) is 146 Å². The molecule has 32 heavy (non-hydrogen) atoms. The number of nitrogens with zero attached hydrogens (tertiary/aromatic N) is 3. The Hall–Kier alpha value is -3.08. The minimum absolute atomic E-state index is 0.118. The molecule has 0 radical (unpaired) electrons. The van der Waals surface area contributed by atoms with Crippen molar-refractivity contribution in [1.29, 1.82) is 0 Å². The summed E-state index contributed by atoms with van der Waals surface area (Å²) < 4.78 is 6.79. The van der Waals surface area contributed by atoms with E-state index in [2.05, 4.69) is 33.4 Å². The van der Waals surface area contributed by atoms with E-state index in [0.717, 1.165) is 24.8 Å². The van der Waals surface area contributed by atoms with Gasteiger partial charge in [-0.3, -0.25) is 14.3 Å². The molecule has 0 aliphatic carbocycles. The molecule has 0 spiro atoms. The minimum Gasteiger partial charge on any atom is -0.394 e. The van der Waals surface area contributed by atoms with Gasteiger partial charge < -0.3 is 14.9 Å². The van der Waals surface area contributed by atoms with Crippen LogP contribution in [-0.4, -0.2) is 54.0 Å². The molecule has 2 aromatic heterocycles. The number of benzene rings is 1. The lowest BCUT2D eigenvalue weighted by Crippen LogP contribution is -2.33. The first-order valence-electron chi connectivity index (χ1n) is 10.8. The average molecular weight is 441 g/mol. The molecule has 170 valence electrons. The zero-order valence-corrected chi connectivity index (χ0v) is 17.8. The molecule has 3 heterocycles. The van der Waals surface area contributed by atoms with Crippen LogP contribution in [0.1, 0.15) is 49.2 Å². The van der Waals surface area contributed by atoms with Gasteiger partial charge >= 0.3 is 5.69 Å². The van der Waals surface area contributed by atoms with Crippen LogP contribution >= 0.6 is 0 Å². The number of unbranched alkanes of at least 4 members (excludes halogenated alkanes) is 1. The fraction of sp³-hybridized carbons (Fsp3) is 0.455. The maximum Gasteiger partial charge on any atom is 0.330 e. The summed E-state index contributed by atoms with van der Waals surface area (Å²) in [5, 5.41) is 30.4. The van der Waals surface area contributed by atoms with Crippen molar-refractivity contribution in [1.82, 2.24) is 25.0 Å². The molecule has 0 bridgehead atoms. The highest BCUT2D eigenvalue weighted by atomic mass is 16.5. The Kier molecular flexibility index (Phi) is 6.63. The number of hydrogen-bond donors (Lipinski definition) is 4. The van der Waals surface area contributed by atoms with Crippen LogP contribution in [0.5, 0.6) is 0 Å². The third-order valence-corrected chi connectivity index (χ3v) is 5.81. The second-order valence-electron chi connectivity index (χ2n) is 7.99. The van der Waals surface area contributed by atoms with E-state index < -0.39 is 29.7 Å². The zero-order chi connectivity index (χ0) is 22.7. The van der Waals surface area contributed by atoms with E-state index in [1.54, 1.807) is 0 Å². The Morgan fingerprint density at radius 3 is 2.72 bits per heavy atom. The molecular formula is C22H27N5O5. The quantitative estimate of drug-likeness (QED) is 0.406. The third-order valence-electron chi connectivity index (χ3n) is 5.81. The fourth-order valence-corrected chi connectivity index (χ4v) is 4.03. The maximum absolute atomic E-state index is 12.6. The number of aliphatic hydroxyl groups excluding tert-OH is 2. The first kappa shape index (κ1) is 22.1. The highest BCUT2D eigenvalue weighted by Crippen LogP contribution is 2.28. The Morgan fingerprint density at radius 1 is 1.22 bits per heavy atom. The molecule has 1 saturated heterocycles. The van der Waals surface area contributed by atoms with Gasteiger partial charge in [0.25, 0.3) is 5.56 Å². The van der Waals surface area contributed by atoms with Crippen molar-refractivity contribution in [2.24, 2.45) is 0 Å². The Labute approximate surface area is 183 Å². The molecule has 1 fully saturated rings. The standard InChI is InChI=1S/C22H27N5O5/c1-2-3-6-13-7-4-5-8-14(13)9-16-20(25-26-24-16)15-11-27(22(31)23-21(15)30)19-10-17(29)18(12-28)32-19/h4-5,7-8,11,17-19,28-29H,2-3,6,9-10,12H2,1H3,(H,23,30,31)(H,24,25,26)/t17-,18+,19+/m0/s1. The van der Waals surface area contributed by atoms with Gasteiger partial charge in [-0.05, 0) is 24.0 Å². The predicted octanol–water partition coefficient (Wildman–Crippen LogP) is 0.896. The lowest BCUT2D eigenvalue weighted by molar-refractivity contribution is -0.0458. The first-order chi connectivity index (χ1) is 15.5. The molecule has 4 rings (SSSR count). The second kappa shape index (κ2) is 9.60. The van der Waals surface area contributed by atoms with Crippen molar-refractivity contribution in [2.75, 3.05) is 6.61 Å². The van der Waals surface area contributed by atoms with Crippen molar-refractivity contribution in [3.8, 4) is 11.3 Å². The van der Waals surface area contributed by atoms with Crippen LogP contribution < -0.4 is 11.2 Å². The van der Waals surface area contributed by atoms with Crippen LogP contribution in [-0.2, 0) is 17.6 Å². The molecule has 1 aliphatic rings. The van der Waals surface area contributed by atoms with E-state index in [1.807, 2.05) is 18.2 Å². The van der Waals surface area contributed by atoms with Gasteiger partial charge in [-0.25, -0.2) is 4.79 Å². The molecular weight excluding hydrogens is 414 g/mol. The third kappa shape index (κ3) is 4.43. The highest BCUT2D eigenvalue weighted by molar-refractivity contribution is 5.59. The number of ether oxygens (including phenoxy) is 1. The highest BCUT2D eigenvalue weighted by Gasteiger charge is 2.35. The van der Waals surface area contributed by atoms with Crippen LogP contribution in [0, 0.1) is 0 Å². The molecule has 10 heteroatoms. The first-order valence-corrected chi connectivity index (χ1v) is 10.8. The van der Waals surface area contributed by atoms with Crippen LogP contribution in [0.3, 0.4) is 0 Å². The minimum atomic E-state index is -0.908. The SMILES string of the molecule is CCCCc1ccccc1Cc1n[nH]nc1-c1cn([C@H]2C[C@H](O)[C@@H](CO)O2)c(=O)[nH]c1=O. The van der Waals surface area contributed by atoms with Crippen molar-refractivity contribution in [2.45, 2.75) is 57.5 Å². The number of hydrogen-bond acceptors (Lipinski definition) is 7. The average Bonchev–Trinajstić information content (AvgIpc) is 3.39. The van der Waals surface area contributed by atoms with Crippen LogP contribution in [0.2, 0.25) is 0 Å². The smallest absolute Gasteiger partial charge is 0.330 e. The van der Waals surface area contributed by atoms with Gasteiger partial charge in [-0.2, -0.15) is 15.4 Å². The van der Waals surface area contributed by atoms with E-state index in [1.165, 1.54) is 16.3 Å². The molecule has 3 aromatic rings. The number of rotatable bonds is 8. The van der Waals surface area contributed by atoms with Gasteiger partial charge in [0.2, 0.25) is 0 Å². The number of aromatic nitrogens is 5. The molecule has 3 atom stereocenters. The molecule has 0 unspecified atom stereocenters. The molecule has 4 N–H and O–H groups in total. The normalized spacial score (nSPS) is 20.7. The summed E-state index contributed by atoms with van der Waals surface area (Å²) in [6, 6.07) is 8.11. The summed E-state index contributed by atoms with van der Waals surface area (Å²) in [7, 11) is 0. The molecule has 1 aromatic carbocycles. The lowest BCUT2D eigenvalue weighted by atomic mass is 9.97. The molecule has 0 saturated carbocycles. The zero-order valence-electron chi connectivity index (χ0n) is 17.8. The van der Waals surface area contributed by atoms with Gasteiger partial charge in [0.15, 0.2) is 0 Å². The molecule has 1 aliphatic heterocycles. The number of aliphatic hydroxyl groups is 2. The van der Waals surface area contributed by atoms with Crippen molar-refractivity contribution >= 4 is 0 Å². The number of aromatic amines is 2. The Balaban J connectivity index is 1.68.